The lowest BCUT2D eigenvalue weighted by molar-refractivity contribution is -0.187. The van der Waals surface area contributed by atoms with Crippen molar-refractivity contribution in [2.24, 2.45) is 0 Å². The lowest BCUT2D eigenvalue weighted by Gasteiger charge is -2.20. The molecule has 0 atom stereocenters. The van der Waals surface area contributed by atoms with Crippen LogP contribution in [0.2, 0.25) is 0 Å². The zero-order chi connectivity index (χ0) is 32.3. The standard InChI is InChI=1S/C35H25F8NO/c1-2-3-4-5-20-6-13-33(44-19-20)22-7-10-25(28(37)15-22)21-8-11-26(29(38)14-21)35(42,43)45-24-17-31(40)34(32(41)18-24)23-9-12-27(36)30(39)16-23/h6-19H,2-5H2,1H3. The summed E-state index contributed by atoms with van der Waals surface area (Å²) in [4.78, 5) is 4.40. The molecule has 0 bridgehead atoms. The number of aromatic nitrogens is 1. The topological polar surface area (TPSA) is 22.1 Å². The van der Waals surface area contributed by atoms with Crippen LogP contribution in [-0.4, -0.2) is 4.98 Å². The Morgan fingerprint density at radius 1 is 0.622 bits per heavy atom. The van der Waals surface area contributed by atoms with Gasteiger partial charge in [0, 0.05) is 29.5 Å². The van der Waals surface area contributed by atoms with Crippen LogP contribution in [0.4, 0.5) is 35.1 Å². The molecule has 45 heavy (non-hydrogen) atoms. The Morgan fingerprint density at radius 3 is 1.91 bits per heavy atom. The maximum Gasteiger partial charge on any atom is 0.429 e. The summed E-state index contributed by atoms with van der Waals surface area (Å²) >= 11 is 0. The zero-order valence-electron chi connectivity index (χ0n) is 23.8. The number of pyridine rings is 1. The Morgan fingerprint density at radius 2 is 1.29 bits per heavy atom. The van der Waals surface area contributed by atoms with Crippen LogP contribution >= 0.6 is 0 Å². The molecule has 0 saturated carbocycles. The smallest absolute Gasteiger partial charge is 0.429 e. The van der Waals surface area contributed by atoms with Crippen molar-refractivity contribution in [3.63, 3.8) is 0 Å². The Labute approximate surface area is 254 Å². The highest BCUT2D eigenvalue weighted by atomic mass is 19.3. The van der Waals surface area contributed by atoms with E-state index in [-0.39, 0.29) is 16.7 Å². The van der Waals surface area contributed by atoms with E-state index in [2.05, 4.69) is 16.6 Å². The number of unbranched alkanes of at least 4 members (excludes halogenated alkanes) is 2. The van der Waals surface area contributed by atoms with E-state index in [1.165, 1.54) is 12.1 Å². The Balaban J connectivity index is 1.34. The van der Waals surface area contributed by atoms with Gasteiger partial charge in [0.1, 0.15) is 29.0 Å². The number of hydrogen-bond donors (Lipinski definition) is 0. The molecule has 0 radical (unpaired) electrons. The molecule has 0 N–H and O–H groups in total. The molecule has 0 spiro atoms. The van der Waals surface area contributed by atoms with Gasteiger partial charge in [-0.2, -0.15) is 8.78 Å². The highest BCUT2D eigenvalue weighted by Gasteiger charge is 2.38. The van der Waals surface area contributed by atoms with Crippen molar-refractivity contribution in [3.05, 3.63) is 131 Å². The molecule has 0 fully saturated rings. The fraction of sp³-hybridized carbons (Fsp3) is 0.171. The van der Waals surface area contributed by atoms with Gasteiger partial charge in [0.15, 0.2) is 11.6 Å². The summed E-state index contributed by atoms with van der Waals surface area (Å²) in [5, 5.41) is 0. The van der Waals surface area contributed by atoms with Crippen LogP contribution < -0.4 is 4.74 Å². The first-order valence-corrected chi connectivity index (χ1v) is 14.0. The van der Waals surface area contributed by atoms with E-state index in [0.717, 1.165) is 43.4 Å². The van der Waals surface area contributed by atoms with Gasteiger partial charge < -0.3 is 4.74 Å². The second kappa shape index (κ2) is 13.1. The third-order valence-electron chi connectivity index (χ3n) is 7.22. The third-order valence-corrected chi connectivity index (χ3v) is 7.22. The molecule has 2 nitrogen and oxygen atoms in total. The fourth-order valence-corrected chi connectivity index (χ4v) is 4.89. The lowest BCUT2D eigenvalue weighted by Crippen LogP contribution is -2.23. The molecule has 0 aliphatic rings. The predicted octanol–water partition coefficient (Wildman–Crippen LogP) is 10.8. The highest BCUT2D eigenvalue weighted by Crippen LogP contribution is 2.38. The van der Waals surface area contributed by atoms with Gasteiger partial charge in [0.25, 0.3) is 0 Å². The number of alkyl halides is 2. The molecule has 4 aromatic carbocycles. The van der Waals surface area contributed by atoms with Gasteiger partial charge in [0.05, 0.1) is 16.8 Å². The first-order valence-electron chi connectivity index (χ1n) is 14.0. The van der Waals surface area contributed by atoms with E-state index < -0.39 is 57.9 Å². The molecule has 232 valence electrons. The number of ether oxygens (including phenoxy) is 1. The molecule has 5 aromatic rings. The average molecular weight is 628 g/mol. The summed E-state index contributed by atoms with van der Waals surface area (Å²) in [5.74, 6) is -8.60. The number of rotatable bonds is 10. The summed E-state index contributed by atoms with van der Waals surface area (Å²) in [6, 6.07) is 13.2. The van der Waals surface area contributed by atoms with Crippen molar-refractivity contribution in [1.29, 1.82) is 0 Å². The number of aryl methyl sites for hydroxylation is 1. The third kappa shape index (κ3) is 7.00. The Kier molecular flexibility index (Phi) is 9.22. The van der Waals surface area contributed by atoms with Crippen LogP contribution in [0.25, 0.3) is 33.5 Å². The van der Waals surface area contributed by atoms with Crippen LogP contribution in [0, 0.1) is 34.9 Å². The minimum absolute atomic E-state index is 0.0386. The molecular weight excluding hydrogens is 602 g/mol. The first kappa shape index (κ1) is 31.7. The molecule has 5 rings (SSSR count). The maximum absolute atomic E-state index is 15.1. The van der Waals surface area contributed by atoms with Crippen molar-refractivity contribution in [2.45, 2.75) is 38.7 Å². The molecule has 0 amide bonds. The van der Waals surface area contributed by atoms with Gasteiger partial charge in [-0.05, 0) is 65.9 Å². The normalized spacial score (nSPS) is 11.6. The van der Waals surface area contributed by atoms with Crippen LogP contribution in [0.5, 0.6) is 5.75 Å². The molecular formula is C35H25F8NO. The van der Waals surface area contributed by atoms with E-state index in [1.807, 2.05) is 6.07 Å². The van der Waals surface area contributed by atoms with E-state index in [0.29, 0.717) is 47.7 Å². The fourth-order valence-electron chi connectivity index (χ4n) is 4.89. The second-order valence-corrected chi connectivity index (χ2v) is 10.4. The molecule has 0 unspecified atom stereocenters. The number of hydrogen-bond acceptors (Lipinski definition) is 2. The average Bonchev–Trinajstić information content (AvgIpc) is 2.98. The number of benzene rings is 4. The highest BCUT2D eigenvalue weighted by molar-refractivity contribution is 5.70. The minimum atomic E-state index is -4.40. The van der Waals surface area contributed by atoms with Gasteiger partial charge in [-0.3, -0.25) is 4.98 Å². The largest absolute Gasteiger partial charge is 0.429 e. The molecule has 0 aliphatic heterocycles. The molecule has 10 heteroatoms. The minimum Gasteiger partial charge on any atom is -0.429 e. The molecule has 0 saturated heterocycles. The monoisotopic (exact) mass is 627 g/mol. The summed E-state index contributed by atoms with van der Waals surface area (Å²) in [6.07, 6.45) is 1.47. The van der Waals surface area contributed by atoms with Gasteiger partial charge in [-0.15, -0.1) is 0 Å². The number of nitrogens with zero attached hydrogens (tertiary/aromatic N) is 1. The van der Waals surface area contributed by atoms with Gasteiger partial charge in [-0.25, -0.2) is 26.3 Å². The first-order chi connectivity index (χ1) is 21.5. The summed E-state index contributed by atoms with van der Waals surface area (Å²) in [5.41, 5.74) is -0.469. The second-order valence-electron chi connectivity index (χ2n) is 10.4. The Bertz CT molecular complexity index is 1820. The van der Waals surface area contributed by atoms with Gasteiger partial charge in [-0.1, -0.05) is 50.1 Å². The van der Waals surface area contributed by atoms with Crippen LogP contribution in [0.1, 0.15) is 37.3 Å². The Hall–Kier alpha value is -4.73. The van der Waals surface area contributed by atoms with E-state index in [4.69, 9.17) is 0 Å². The molecule has 0 aliphatic carbocycles. The van der Waals surface area contributed by atoms with Crippen LogP contribution in [-0.2, 0) is 12.5 Å². The number of halogens is 8. The lowest BCUT2D eigenvalue weighted by atomic mass is 9.99. The van der Waals surface area contributed by atoms with E-state index >= 15 is 4.39 Å². The summed E-state index contributed by atoms with van der Waals surface area (Å²) in [6.45, 7) is 2.12. The van der Waals surface area contributed by atoms with Crippen molar-refractivity contribution in [2.75, 3.05) is 0 Å². The van der Waals surface area contributed by atoms with Crippen molar-refractivity contribution < 1.29 is 39.9 Å². The van der Waals surface area contributed by atoms with Crippen molar-refractivity contribution in [1.82, 2.24) is 4.98 Å². The van der Waals surface area contributed by atoms with Gasteiger partial charge >= 0.3 is 6.11 Å². The SMILES string of the molecule is CCCCCc1ccc(-c2ccc(-c3ccc(C(F)(F)Oc4cc(F)c(-c5ccc(F)c(F)c5)c(F)c4)c(F)c3)c(F)c2)nc1. The van der Waals surface area contributed by atoms with Crippen LogP contribution in [0.3, 0.4) is 0 Å². The van der Waals surface area contributed by atoms with Gasteiger partial charge in [0.2, 0.25) is 0 Å². The predicted molar refractivity (Wildman–Crippen MR) is 154 cm³/mol. The van der Waals surface area contributed by atoms with Crippen molar-refractivity contribution in [3.8, 4) is 39.3 Å². The van der Waals surface area contributed by atoms with Crippen molar-refractivity contribution >= 4 is 0 Å². The summed E-state index contributed by atoms with van der Waals surface area (Å²) < 4.78 is 121. The maximum atomic E-state index is 15.1. The molecule has 1 heterocycles. The quantitative estimate of drug-likeness (QED) is 0.114. The summed E-state index contributed by atoms with van der Waals surface area (Å²) in [7, 11) is 0. The zero-order valence-corrected chi connectivity index (χ0v) is 23.8. The van der Waals surface area contributed by atoms with E-state index in [9.17, 15) is 30.7 Å². The van der Waals surface area contributed by atoms with Crippen LogP contribution in [0.15, 0.2) is 85.1 Å². The van der Waals surface area contributed by atoms with E-state index in [1.54, 1.807) is 18.3 Å². The molecule has 1 aromatic heterocycles.